The second kappa shape index (κ2) is 7.11. The molecule has 0 aromatic heterocycles. The normalized spacial score (nSPS) is 11.8. The number of anilines is 1. The molecule has 0 bridgehead atoms. The van der Waals surface area contributed by atoms with Crippen LogP contribution in [-0.2, 0) is 11.4 Å². The van der Waals surface area contributed by atoms with Gasteiger partial charge >= 0.3 is 0 Å². The average Bonchev–Trinajstić information content (AvgIpc) is 2.49. The van der Waals surface area contributed by atoms with Gasteiger partial charge in [0.1, 0.15) is 5.75 Å². The molecule has 2 aromatic carbocycles. The Morgan fingerprint density at radius 2 is 2.00 bits per heavy atom. The number of nitrogens with one attached hydrogen (secondary N) is 1. The lowest BCUT2D eigenvalue weighted by molar-refractivity contribution is -0.122. The number of aliphatic hydroxyl groups excluding tert-OH is 1. The Balaban J connectivity index is 2.04. The maximum Gasteiger partial charge on any atom is 0.265 e. The van der Waals surface area contributed by atoms with Gasteiger partial charge in [-0.05, 0) is 37.3 Å². The standard InChI is InChI=1S/C16H16ClNO3/c1-11(16(20)18-14-5-3-2-4-6-14)21-15-8-7-13(17)9-12(15)10-19/h2-9,11,19H,10H2,1H3,(H,18,20). The predicted molar refractivity (Wildman–Crippen MR) is 82.5 cm³/mol. The number of hydrogen-bond donors (Lipinski definition) is 2. The van der Waals surface area contributed by atoms with Gasteiger partial charge in [0.05, 0.1) is 6.61 Å². The molecule has 2 rings (SSSR count). The summed E-state index contributed by atoms with van der Waals surface area (Å²) in [5, 5.41) is 12.6. The summed E-state index contributed by atoms with van der Waals surface area (Å²) in [6, 6.07) is 14.0. The van der Waals surface area contributed by atoms with Crippen molar-refractivity contribution >= 4 is 23.2 Å². The van der Waals surface area contributed by atoms with Crippen LogP contribution in [0.3, 0.4) is 0 Å². The predicted octanol–water partition coefficient (Wildman–Crippen LogP) is 3.24. The minimum absolute atomic E-state index is 0.205. The zero-order chi connectivity index (χ0) is 15.2. The van der Waals surface area contributed by atoms with Crippen LogP contribution >= 0.6 is 11.6 Å². The SMILES string of the molecule is CC(Oc1ccc(Cl)cc1CO)C(=O)Nc1ccccc1. The highest BCUT2D eigenvalue weighted by Crippen LogP contribution is 2.24. The molecule has 0 heterocycles. The van der Waals surface area contributed by atoms with Crippen molar-refractivity contribution < 1.29 is 14.6 Å². The van der Waals surface area contributed by atoms with Gasteiger partial charge in [-0.15, -0.1) is 0 Å². The number of hydrogen-bond acceptors (Lipinski definition) is 3. The van der Waals surface area contributed by atoms with Gasteiger partial charge < -0.3 is 15.2 Å². The molecule has 0 saturated heterocycles. The Kier molecular flexibility index (Phi) is 5.20. The summed E-state index contributed by atoms with van der Waals surface area (Å²) in [5.41, 5.74) is 1.25. The van der Waals surface area contributed by atoms with Gasteiger partial charge in [0.2, 0.25) is 0 Å². The van der Waals surface area contributed by atoms with Crippen LogP contribution in [0.25, 0.3) is 0 Å². The first kappa shape index (κ1) is 15.4. The number of benzene rings is 2. The van der Waals surface area contributed by atoms with Crippen LogP contribution in [0.4, 0.5) is 5.69 Å². The third kappa shape index (κ3) is 4.21. The Morgan fingerprint density at radius 1 is 1.29 bits per heavy atom. The van der Waals surface area contributed by atoms with Gasteiger partial charge in [-0.25, -0.2) is 0 Å². The fourth-order valence-corrected chi connectivity index (χ4v) is 1.99. The van der Waals surface area contributed by atoms with E-state index in [2.05, 4.69) is 5.32 Å². The van der Waals surface area contributed by atoms with E-state index in [1.807, 2.05) is 18.2 Å². The van der Waals surface area contributed by atoms with Gasteiger partial charge in [-0.3, -0.25) is 4.79 Å². The van der Waals surface area contributed by atoms with Crippen LogP contribution in [-0.4, -0.2) is 17.1 Å². The van der Waals surface area contributed by atoms with E-state index in [9.17, 15) is 9.90 Å². The van der Waals surface area contributed by atoms with Crippen molar-refractivity contribution in [2.45, 2.75) is 19.6 Å². The molecule has 1 amide bonds. The van der Waals surface area contributed by atoms with Crippen molar-refractivity contribution in [3.63, 3.8) is 0 Å². The third-order valence-electron chi connectivity index (χ3n) is 2.91. The smallest absolute Gasteiger partial charge is 0.265 e. The van der Waals surface area contributed by atoms with Crippen LogP contribution in [0.1, 0.15) is 12.5 Å². The number of halogens is 1. The molecule has 110 valence electrons. The number of aliphatic hydroxyl groups is 1. The number of para-hydroxylation sites is 1. The Morgan fingerprint density at radius 3 is 2.67 bits per heavy atom. The third-order valence-corrected chi connectivity index (χ3v) is 3.14. The van der Waals surface area contributed by atoms with Crippen LogP contribution in [0, 0.1) is 0 Å². The van der Waals surface area contributed by atoms with E-state index in [1.54, 1.807) is 37.3 Å². The lowest BCUT2D eigenvalue weighted by Crippen LogP contribution is -2.30. The molecule has 0 spiro atoms. The highest BCUT2D eigenvalue weighted by molar-refractivity contribution is 6.30. The van der Waals surface area contributed by atoms with Crippen molar-refractivity contribution in [3.8, 4) is 5.75 Å². The van der Waals surface area contributed by atoms with Crippen LogP contribution in [0.15, 0.2) is 48.5 Å². The highest BCUT2D eigenvalue weighted by atomic mass is 35.5. The minimum atomic E-state index is -0.698. The number of amides is 1. The summed E-state index contributed by atoms with van der Waals surface area (Å²) in [4.78, 5) is 12.1. The molecule has 2 aromatic rings. The minimum Gasteiger partial charge on any atom is -0.481 e. The van der Waals surface area contributed by atoms with Gasteiger partial charge in [0.15, 0.2) is 6.10 Å². The number of ether oxygens (including phenoxy) is 1. The highest BCUT2D eigenvalue weighted by Gasteiger charge is 2.16. The van der Waals surface area contributed by atoms with Crippen LogP contribution < -0.4 is 10.1 Å². The molecule has 21 heavy (non-hydrogen) atoms. The van der Waals surface area contributed by atoms with E-state index in [0.717, 1.165) is 0 Å². The van der Waals surface area contributed by atoms with E-state index in [0.29, 0.717) is 22.0 Å². The lowest BCUT2D eigenvalue weighted by atomic mass is 10.2. The summed E-state index contributed by atoms with van der Waals surface area (Å²) in [5.74, 6) is 0.178. The molecule has 5 heteroatoms. The first-order valence-electron chi connectivity index (χ1n) is 6.52. The van der Waals surface area contributed by atoms with E-state index in [-0.39, 0.29) is 12.5 Å². The Bertz CT molecular complexity index is 616. The topological polar surface area (TPSA) is 58.6 Å². The molecular formula is C16H16ClNO3. The molecule has 0 aliphatic heterocycles. The molecule has 2 N–H and O–H groups in total. The number of rotatable bonds is 5. The lowest BCUT2D eigenvalue weighted by Gasteiger charge is -2.17. The number of carbonyl (C=O) groups excluding carboxylic acids is 1. The number of carbonyl (C=O) groups is 1. The molecule has 1 unspecified atom stereocenters. The molecule has 0 aliphatic carbocycles. The average molecular weight is 306 g/mol. The maximum atomic E-state index is 12.1. The van der Waals surface area contributed by atoms with Gasteiger partial charge in [-0.1, -0.05) is 29.8 Å². The zero-order valence-corrected chi connectivity index (χ0v) is 12.3. The fraction of sp³-hybridized carbons (Fsp3) is 0.188. The Labute approximate surface area is 128 Å². The summed E-state index contributed by atoms with van der Waals surface area (Å²) in [6.07, 6.45) is -0.698. The fourth-order valence-electron chi connectivity index (χ4n) is 1.80. The molecule has 0 saturated carbocycles. The second-order valence-electron chi connectivity index (χ2n) is 4.53. The molecule has 1 atom stereocenters. The van der Waals surface area contributed by atoms with E-state index < -0.39 is 6.10 Å². The summed E-state index contributed by atoms with van der Waals surface area (Å²) in [7, 11) is 0. The van der Waals surface area contributed by atoms with Crippen LogP contribution in [0.5, 0.6) is 5.75 Å². The van der Waals surface area contributed by atoms with Gasteiger partial charge in [-0.2, -0.15) is 0 Å². The molecule has 4 nitrogen and oxygen atoms in total. The first-order valence-corrected chi connectivity index (χ1v) is 6.90. The Hall–Kier alpha value is -2.04. The van der Waals surface area contributed by atoms with E-state index in [4.69, 9.17) is 16.3 Å². The van der Waals surface area contributed by atoms with Gasteiger partial charge in [0, 0.05) is 16.3 Å². The van der Waals surface area contributed by atoms with Gasteiger partial charge in [0.25, 0.3) is 5.91 Å². The molecule has 0 radical (unpaired) electrons. The molecule has 0 fully saturated rings. The molecular weight excluding hydrogens is 290 g/mol. The van der Waals surface area contributed by atoms with E-state index >= 15 is 0 Å². The summed E-state index contributed by atoms with van der Waals surface area (Å²) < 4.78 is 5.59. The van der Waals surface area contributed by atoms with Crippen molar-refractivity contribution in [3.05, 3.63) is 59.1 Å². The summed E-state index contributed by atoms with van der Waals surface area (Å²) in [6.45, 7) is 1.44. The largest absolute Gasteiger partial charge is 0.481 e. The zero-order valence-electron chi connectivity index (χ0n) is 11.5. The van der Waals surface area contributed by atoms with Crippen LogP contribution in [0.2, 0.25) is 5.02 Å². The van der Waals surface area contributed by atoms with Crippen molar-refractivity contribution in [1.82, 2.24) is 0 Å². The van der Waals surface area contributed by atoms with E-state index in [1.165, 1.54) is 0 Å². The van der Waals surface area contributed by atoms with Crippen molar-refractivity contribution in [2.24, 2.45) is 0 Å². The summed E-state index contributed by atoms with van der Waals surface area (Å²) >= 11 is 5.86. The van der Waals surface area contributed by atoms with Crippen molar-refractivity contribution in [1.29, 1.82) is 0 Å². The van der Waals surface area contributed by atoms with Crippen molar-refractivity contribution in [2.75, 3.05) is 5.32 Å². The quantitative estimate of drug-likeness (QED) is 0.891. The monoisotopic (exact) mass is 305 g/mol. The first-order chi connectivity index (χ1) is 10.1. The second-order valence-corrected chi connectivity index (χ2v) is 4.96. The maximum absolute atomic E-state index is 12.1. The molecule has 0 aliphatic rings.